The van der Waals surface area contributed by atoms with Crippen molar-refractivity contribution in [3.8, 4) is 0 Å². The molecule has 2 N–H and O–H groups in total. The second-order valence-electron chi connectivity index (χ2n) is 5.08. The molecule has 1 amide bonds. The Balaban J connectivity index is 2.20. The average molecular weight is 280 g/mol. The lowest BCUT2D eigenvalue weighted by molar-refractivity contribution is -0.132. The van der Waals surface area contributed by atoms with Crippen molar-refractivity contribution < 1.29 is 14.7 Å². The number of nitrogens with zero attached hydrogens (tertiary/aromatic N) is 1. The molecule has 1 fully saturated rings. The maximum Gasteiger partial charge on any atom is 0.335 e. The number of thiol groups is 1. The van der Waals surface area contributed by atoms with E-state index >= 15 is 0 Å². The van der Waals surface area contributed by atoms with Crippen LogP contribution in [0.25, 0.3) is 0 Å². The number of nitrogens with one attached hydrogen (secondary N) is 1. The number of carbonyl (C=O) groups is 2. The van der Waals surface area contributed by atoms with Crippen molar-refractivity contribution >= 4 is 24.5 Å². The van der Waals surface area contributed by atoms with Crippen molar-refractivity contribution in [1.29, 1.82) is 0 Å². The Labute approximate surface area is 117 Å². The van der Waals surface area contributed by atoms with Gasteiger partial charge in [0.25, 0.3) is 0 Å². The molecule has 1 unspecified atom stereocenters. The zero-order valence-corrected chi connectivity index (χ0v) is 11.6. The predicted molar refractivity (Wildman–Crippen MR) is 73.9 cm³/mol. The van der Waals surface area contributed by atoms with Crippen molar-refractivity contribution in [2.24, 2.45) is 0 Å². The van der Waals surface area contributed by atoms with Gasteiger partial charge in [-0.25, -0.2) is 4.79 Å². The van der Waals surface area contributed by atoms with E-state index in [4.69, 9.17) is 5.11 Å². The minimum Gasteiger partial charge on any atom is -0.478 e. The number of amides is 1. The van der Waals surface area contributed by atoms with Gasteiger partial charge in [0.1, 0.15) is 5.50 Å². The highest BCUT2D eigenvalue weighted by Crippen LogP contribution is 2.24. The largest absolute Gasteiger partial charge is 0.478 e. The van der Waals surface area contributed by atoms with Crippen LogP contribution in [-0.4, -0.2) is 32.9 Å². The Hall–Kier alpha value is -1.53. The molecule has 0 radical (unpaired) electrons. The number of hydrogen-bond donors (Lipinski definition) is 3. The fourth-order valence-electron chi connectivity index (χ4n) is 2.09. The van der Waals surface area contributed by atoms with E-state index in [1.807, 2.05) is 0 Å². The zero-order valence-electron chi connectivity index (χ0n) is 10.8. The first-order valence-electron chi connectivity index (χ1n) is 5.90. The predicted octanol–water partition coefficient (Wildman–Crippen LogP) is 1.31. The van der Waals surface area contributed by atoms with Gasteiger partial charge in [-0.1, -0.05) is 12.1 Å². The Morgan fingerprint density at radius 2 is 2.21 bits per heavy atom. The van der Waals surface area contributed by atoms with Gasteiger partial charge < -0.3 is 10.0 Å². The summed E-state index contributed by atoms with van der Waals surface area (Å²) in [6, 6.07) is 6.57. The summed E-state index contributed by atoms with van der Waals surface area (Å²) in [4.78, 5) is 24.7. The molecule has 0 aliphatic carbocycles. The van der Waals surface area contributed by atoms with E-state index in [0.29, 0.717) is 6.54 Å². The van der Waals surface area contributed by atoms with Crippen molar-refractivity contribution in [3.63, 3.8) is 0 Å². The van der Waals surface area contributed by atoms with Gasteiger partial charge in [0.05, 0.1) is 11.1 Å². The molecule has 2 rings (SSSR count). The second kappa shape index (κ2) is 4.86. The fourth-order valence-corrected chi connectivity index (χ4v) is 2.60. The first kappa shape index (κ1) is 13.9. The van der Waals surface area contributed by atoms with Crippen LogP contribution >= 0.6 is 12.6 Å². The Kier molecular flexibility index (Phi) is 3.56. The third-order valence-corrected chi connectivity index (χ3v) is 3.52. The van der Waals surface area contributed by atoms with Crippen LogP contribution in [0.1, 0.15) is 29.8 Å². The van der Waals surface area contributed by atoms with E-state index in [2.05, 4.69) is 17.9 Å². The van der Waals surface area contributed by atoms with Crippen LogP contribution in [0.15, 0.2) is 24.3 Å². The molecule has 102 valence electrons. The summed E-state index contributed by atoms with van der Waals surface area (Å²) in [5.41, 5.74) is -0.0218. The summed E-state index contributed by atoms with van der Waals surface area (Å²) in [7, 11) is 0. The summed E-state index contributed by atoms with van der Waals surface area (Å²) in [6.07, 6.45) is 0. The maximum absolute atomic E-state index is 12.2. The summed E-state index contributed by atoms with van der Waals surface area (Å²) in [5, 5.41) is 12.0. The molecule has 0 spiro atoms. The second-order valence-corrected chi connectivity index (χ2v) is 5.57. The van der Waals surface area contributed by atoms with Gasteiger partial charge in [0, 0.05) is 6.54 Å². The highest BCUT2D eigenvalue weighted by Gasteiger charge is 2.43. The number of benzene rings is 1. The third kappa shape index (κ3) is 2.74. The minimum atomic E-state index is -0.976. The maximum atomic E-state index is 12.2. The van der Waals surface area contributed by atoms with Crippen LogP contribution in [-0.2, 0) is 11.3 Å². The normalized spacial score (nSPS) is 21.7. The first-order valence-corrected chi connectivity index (χ1v) is 6.42. The smallest absolute Gasteiger partial charge is 0.335 e. The van der Waals surface area contributed by atoms with Gasteiger partial charge in [0.2, 0.25) is 5.91 Å². The van der Waals surface area contributed by atoms with E-state index in [9.17, 15) is 9.59 Å². The van der Waals surface area contributed by atoms with Crippen LogP contribution in [0.4, 0.5) is 0 Å². The van der Waals surface area contributed by atoms with Gasteiger partial charge in [-0.15, -0.1) is 12.6 Å². The first-order chi connectivity index (χ1) is 8.81. The molecule has 1 aliphatic heterocycles. The van der Waals surface area contributed by atoms with E-state index in [-0.39, 0.29) is 17.0 Å². The molecule has 0 aromatic heterocycles. The van der Waals surface area contributed by atoms with Crippen LogP contribution in [0, 0.1) is 0 Å². The summed E-state index contributed by atoms with van der Waals surface area (Å²) in [5.74, 6) is -1.02. The van der Waals surface area contributed by atoms with Crippen molar-refractivity contribution in [2.45, 2.75) is 31.4 Å². The van der Waals surface area contributed by atoms with E-state index in [0.717, 1.165) is 5.56 Å². The van der Waals surface area contributed by atoms with Crippen LogP contribution in [0.3, 0.4) is 0 Å². The van der Waals surface area contributed by atoms with Gasteiger partial charge in [-0.3, -0.25) is 10.1 Å². The third-order valence-electron chi connectivity index (χ3n) is 3.11. The fraction of sp³-hybridized carbons (Fsp3) is 0.385. The number of hydrogen-bond acceptors (Lipinski definition) is 4. The highest BCUT2D eigenvalue weighted by molar-refractivity contribution is 7.80. The lowest BCUT2D eigenvalue weighted by atomic mass is 10.1. The molecule has 1 aromatic carbocycles. The lowest BCUT2D eigenvalue weighted by Gasteiger charge is -2.20. The Bertz CT molecular complexity index is 530. The number of aromatic carboxylic acids is 1. The van der Waals surface area contributed by atoms with E-state index in [1.165, 1.54) is 6.07 Å². The van der Waals surface area contributed by atoms with Gasteiger partial charge >= 0.3 is 5.97 Å². The number of carbonyl (C=O) groups excluding carboxylic acids is 1. The highest BCUT2D eigenvalue weighted by atomic mass is 32.1. The Morgan fingerprint density at radius 1 is 1.53 bits per heavy atom. The van der Waals surface area contributed by atoms with Crippen LogP contribution < -0.4 is 5.32 Å². The van der Waals surface area contributed by atoms with Crippen LogP contribution in [0.2, 0.25) is 0 Å². The molecular weight excluding hydrogens is 264 g/mol. The zero-order chi connectivity index (χ0) is 14.2. The molecule has 1 heterocycles. The summed E-state index contributed by atoms with van der Waals surface area (Å²) in [6.45, 7) is 3.93. The standard InChI is InChI=1S/C13H16N2O3S/c1-13(2)11(18)15(12(19)14-13)7-8-4-3-5-9(6-8)10(16)17/h3-6,12,14,19H,7H2,1-2H3,(H,16,17). The molecule has 0 saturated carbocycles. The SMILES string of the molecule is CC1(C)NC(S)N(Cc2cccc(C(=O)O)c2)C1=O. The number of carboxylic acids is 1. The van der Waals surface area contributed by atoms with Gasteiger partial charge in [0.15, 0.2) is 0 Å². The Morgan fingerprint density at radius 3 is 2.74 bits per heavy atom. The van der Waals surface area contributed by atoms with Crippen LogP contribution in [0.5, 0.6) is 0 Å². The molecular formula is C13H16N2O3S. The van der Waals surface area contributed by atoms with Crippen molar-refractivity contribution in [2.75, 3.05) is 0 Å². The molecule has 1 aromatic rings. The van der Waals surface area contributed by atoms with Crippen molar-refractivity contribution in [1.82, 2.24) is 10.2 Å². The molecule has 1 saturated heterocycles. The molecule has 0 bridgehead atoms. The van der Waals surface area contributed by atoms with Crippen molar-refractivity contribution in [3.05, 3.63) is 35.4 Å². The number of carboxylic acid groups (broad SMARTS) is 1. The molecule has 1 aliphatic rings. The molecule has 1 atom stereocenters. The minimum absolute atomic E-state index is 0.0479. The molecule has 19 heavy (non-hydrogen) atoms. The monoisotopic (exact) mass is 280 g/mol. The average Bonchev–Trinajstić information content (AvgIpc) is 2.52. The quantitative estimate of drug-likeness (QED) is 0.730. The summed E-state index contributed by atoms with van der Waals surface area (Å²) < 4.78 is 0. The topological polar surface area (TPSA) is 69.6 Å². The summed E-state index contributed by atoms with van der Waals surface area (Å²) >= 11 is 4.33. The molecule has 5 nitrogen and oxygen atoms in total. The lowest BCUT2D eigenvalue weighted by Crippen LogP contribution is -2.40. The van der Waals surface area contributed by atoms with E-state index < -0.39 is 11.5 Å². The van der Waals surface area contributed by atoms with Gasteiger partial charge in [-0.2, -0.15) is 0 Å². The molecule has 6 heteroatoms. The van der Waals surface area contributed by atoms with E-state index in [1.54, 1.807) is 36.9 Å². The number of rotatable bonds is 3. The van der Waals surface area contributed by atoms with Gasteiger partial charge in [-0.05, 0) is 31.5 Å².